The number of amides is 2. The maximum absolute atomic E-state index is 12.5. The highest BCUT2D eigenvalue weighted by molar-refractivity contribution is 5.87. The van der Waals surface area contributed by atoms with Gasteiger partial charge in [0.1, 0.15) is 18.7 Å². The zero-order valence-electron chi connectivity index (χ0n) is 15.0. The first-order valence-electron chi connectivity index (χ1n) is 8.61. The van der Waals surface area contributed by atoms with Gasteiger partial charge in [0.05, 0.1) is 0 Å². The summed E-state index contributed by atoms with van der Waals surface area (Å²) in [5.41, 5.74) is 0.853. The minimum atomic E-state index is -1.10. The molecule has 8 heteroatoms. The lowest BCUT2D eigenvalue weighted by Crippen LogP contribution is -2.61. The van der Waals surface area contributed by atoms with Crippen LogP contribution in [0.4, 0.5) is 4.79 Å². The van der Waals surface area contributed by atoms with Crippen LogP contribution in [-0.4, -0.2) is 59.7 Å². The third-order valence-corrected chi connectivity index (χ3v) is 4.21. The Morgan fingerprint density at radius 3 is 2.62 bits per heavy atom. The fraction of sp³-hybridized carbons (Fsp3) is 0.500. The van der Waals surface area contributed by atoms with Crippen molar-refractivity contribution in [1.29, 1.82) is 0 Å². The van der Waals surface area contributed by atoms with Crippen molar-refractivity contribution in [1.82, 2.24) is 15.5 Å². The fourth-order valence-corrected chi connectivity index (χ4v) is 2.71. The molecule has 8 nitrogen and oxygen atoms in total. The Hall–Kier alpha value is -2.61. The summed E-state index contributed by atoms with van der Waals surface area (Å²) in [6.07, 6.45) is 0. The van der Waals surface area contributed by atoms with Crippen LogP contribution in [0.3, 0.4) is 0 Å². The summed E-state index contributed by atoms with van der Waals surface area (Å²) in [6, 6.07) is 6.87. The maximum Gasteiger partial charge on any atom is 0.330 e. The zero-order valence-corrected chi connectivity index (χ0v) is 15.0. The van der Waals surface area contributed by atoms with E-state index in [1.165, 1.54) is 4.90 Å². The normalized spacial score (nSPS) is 18.3. The minimum Gasteiger partial charge on any atom is -0.480 e. The Morgan fingerprint density at radius 1 is 1.31 bits per heavy atom. The molecule has 1 aliphatic rings. The molecular weight excluding hydrogens is 338 g/mol. The van der Waals surface area contributed by atoms with Crippen LogP contribution in [0.5, 0.6) is 0 Å². The number of benzene rings is 1. The van der Waals surface area contributed by atoms with Gasteiger partial charge < -0.3 is 25.4 Å². The molecule has 1 unspecified atom stereocenters. The summed E-state index contributed by atoms with van der Waals surface area (Å²) in [4.78, 5) is 37.6. The Morgan fingerprint density at radius 2 is 2.00 bits per heavy atom. The number of hydrogen-bond donors (Lipinski definition) is 3. The topological polar surface area (TPSA) is 108 Å². The number of ether oxygens (including phenoxy) is 1. The molecule has 1 aromatic rings. The summed E-state index contributed by atoms with van der Waals surface area (Å²) >= 11 is 0. The second kappa shape index (κ2) is 9.19. The molecule has 2 rings (SSSR count). The van der Waals surface area contributed by atoms with Gasteiger partial charge in [-0.1, -0.05) is 44.2 Å². The molecule has 1 fully saturated rings. The van der Waals surface area contributed by atoms with Gasteiger partial charge in [-0.2, -0.15) is 0 Å². The van der Waals surface area contributed by atoms with E-state index < -0.39 is 30.1 Å². The average Bonchev–Trinajstić information content (AvgIpc) is 2.64. The third-order valence-electron chi connectivity index (χ3n) is 4.21. The molecule has 0 saturated carbocycles. The fourth-order valence-electron chi connectivity index (χ4n) is 2.71. The van der Waals surface area contributed by atoms with Crippen molar-refractivity contribution in [3.8, 4) is 0 Å². The number of piperazine rings is 1. The van der Waals surface area contributed by atoms with Crippen molar-refractivity contribution < 1.29 is 24.2 Å². The molecule has 1 aromatic carbocycles. The van der Waals surface area contributed by atoms with Crippen LogP contribution < -0.4 is 10.6 Å². The Balaban J connectivity index is 2.00. The van der Waals surface area contributed by atoms with Gasteiger partial charge in [0.2, 0.25) is 0 Å². The SMILES string of the molecule is CC(C)[C@H](NC(=O)N1CCNCC1C(=O)OCc1ccccc1)C(=O)O. The van der Waals surface area contributed by atoms with Crippen LogP contribution in [0.15, 0.2) is 30.3 Å². The Bertz CT molecular complexity index is 635. The number of esters is 1. The largest absolute Gasteiger partial charge is 0.480 e. The number of urea groups is 1. The molecule has 142 valence electrons. The average molecular weight is 363 g/mol. The van der Waals surface area contributed by atoms with Crippen molar-refractivity contribution >= 4 is 18.0 Å². The molecule has 2 amide bonds. The molecule has 2 atom stereocenters. The summed E-state index contributed by atoms with van der Waals surface area (Å²) in [5, 5.41) is 14.8. The van der Waals surface area contributed by atoms with Gasteiger partial charge in [-0.15, -0.1) is 0 Å². The molecule has 26 heavy (non-hydrogen) atoms. The van der Waals surface area contributed by atoms with Gasteiger partial charge in [-0.25, -0.2) is 14.4 Å². The van der Waals surface area contributed by atoms with Crippen molar-refractivity contribution in [3.05, 3.63) is 35.9 Å². The van der Waals surface area contributed by atoms with Crippen molar-refractivity contribution in [3.63, 3.8) is 0 Å². The predicted molar refractivity (Wildman–Crippen MR) is 94.4 cm³/mol. The van der Waals surface area contributed by atoms with Crippen molar-refractivity contribution in [2.45, 2.75) is 32.5 Å². The molecule has 0 radical (unpaired) electrons. The molecule has 0 bridgehead atoms. The van der Waals surface area contributed by atoms with E-state index in [1.807, 2.05) is 30.3 Å². The van der Waals surface area contributed by atoms with Crippen LogP contribution in [0.1, 0.15) is 19.4 Å². The van der Waals surface area contributed by atoms with E-state index in [2.05, 4.69) is 10.6 Å². The van der Waals surface area contributed by atoms with Crippen LogP contribution >= 0.6 is 0 Å². The summed E-state index contributed by atoms with van der Waals surface area (Å²) in [6.45, 7) is 4.62. The summed E-state index contributed by atoms with van der Waals surface area (Å²) in [5.74, 6) is -1.90. The Kier molecular flexibility index (Phi) is 6.97. The lowest BCUT2D eigenvalue weighted by molar-refractivity contribution is -0.150. The van der Waals surface area contributed by atoms with Crippen LogP contribution in [0.25, 0.3) is 0 Å². The monoisotopic (exact) mass is 363 g/mol. The first-order chi connectivity index (χ1) is 12.4. The number of aliphatic carboxylic acids is 1. The van der Waals surface area contributed by atoms with Crippen molar-refractivity contribution in [2.24, 2.45) is 5.92 Å². The highest BCUT2D eigenvalue weighted by Crippen LogP contribution is 2.10. The number of carboxylic acids is 1. The minimum absolute atomic E-state index is 0.120. The smallest absolute Gasteiger partial charge is 0.330 e. The molecule has 3 N–H and O–H groups in total. The number of rotatable bonds is 6. The number of carboxylic acid groups (broad SMARTS) is 1. The van der Waals surface area contributed by atoms with Gasteiger partial charge in [0.25, 0.3) is 0 Å². The van der Waals surface area contributed by atoms with Crippen LogP contribution in [0, 0.1) is 5.92 Å². The molecule has 0 aromatic heterocycles. The maximum atomic E-state index is 12.5. The lowest BCUT2D eigenvalue weighted by Gasteiger charge is -2.35. The lowest BCUT2D eigenvalue weighted by atomic mass is 10.1. The summed E-state index contributed by atoms with van der Waals surface area (Å²) < 4.78 is 5.33. The van der Waals surface area contributed by atoms with E-state index in [-0.39, 0.29) is 19.1 Å². The molecular formula is C18H25N3O5. The summed E-state index contributed by atoms with van der Waals surface area (Å²) in [7, 11) is 0. The number of nitrogens with one attached hydrogen (secondary N) is 2. The van der Waals surface area contributed by atoms with Crippen LogP contribution in [-0.2, 0) is 20.9 Å². The predicted octanol–water partition coefficient (Wildman–Crippen LogP) is 0.822. The van der Waals surface area contributed by atoms with E-state index in [1.54, 1.807) is 13.8 Å². The van der Waals surface area contributed by atoms with Crippen LogP contribution in [0.2, 0.25) is 0 Å². The first-order valence-corrected chi connectivity index (χ1v) is 8.61. The second-order valence-electron chi connectivity index (χ2n) is 6.52. The van der Waals surface area contributed by atoms with E-state index in [9.17, 15) is 19.5 Å². The third kappa shape index (κ3) is 5.19. The number of carbonyl (C=O) groups is 3. The standard InChI is InChI=1S/C18H25N3O5/c1-12(2)15(16(22)23)20-18(25)21-9-8-19-10-14(21)17(24)26-11-13-6-4-3-5-7-13/h3-7,12,14-15,19H,8-11H2,1-2H3,(H,20,25)(H,22,23)/t14?,15-/m0/s1. The Labute approximate surface area is 152 Å². The number of hydrogen-bond acceptors (Lipinski definition) is 5. The zero-order chi connectivity index (χ0) is 19.1. The van der Waals surface area contributed by atoms with Gasteiger partial charge in [0.15, 0.2) is 0 Å². The highest BCUT2D eigenvalue weighted by atomic mass is 16.5. The molecule has 1 aliphatic heterocycles. The first kappa shape index (κ1) is 19.7. The van der Waals surface area contributed by atoms with E-state index in [0.29, 0.717) is 13.1 Å². The van der Waals surface area contributed by atoms with Gasteiger partial charge in [-0.05, 0) is 11.5 Å². The van der Waals surface area contributed by atoms with E-state index >= 15 is 0 Å². The highest BCUT2D eigenvalue weighted by Gasteiger charge is 2.35. The number of carbonyl (C=O) groups excluding carboxylic acids is 2. The van der Waals surface area contributed by atoms with Gasteiger partial charge in [-0.3, -0.25) is 0 Å². The molecule has 0 aliphatic carbocycles. The van der Waals surface area contributed by atoms with E-state index in [4.69, 9.17) is 4.74 Å². The van der Waals surface area contributed by atoms with Crippen molar-refractivity contribution in [2.75, 3.05) is 19.6 Å². The molecule has 1 heterocycles. The van der Waals surface area contributed by atoms with Gasteiger partial charge >= 0.3 is 18.0 Å². The van der Waals surface area contributed by atoms with Gasteiger partial charge in [0, 0.05) is 19.6 Å². The van der Waals surface area contributed by atoms with E-state index in [0.717, 1.165) is 5.56 Å². The second-order valence-corrected chi connectivity index (χ2v) is 6.52. The quantitative estimate of drug-likeness (QED) is 0.646. The molecule has 1 saturated heterocycles. The molecule has 0 spiro atoms. The number of nitrogens with zero attached hydrogens (tertiary/aromatic N) is 1.